The molecule has 1 aromatic carbocycles. The molecule has 0 atom stereocenters. The molecule has 0 saturated carbocycles. The highest BCUT2D eigenvalue weighted by molar-refractivity contribution is 7.88. The Morgan fingerprint density at radius 2 is 2.08 bits per heavy atom. The van der Waals surface area contributed by atoms with E-state index in [-0.39, 0.29) is 12.3 Å². The summed E-state index contributed by atoms with van der Waals surface area (Å²) < 4.78 is 32.3. The average molecular weight is 363 g/mol. The second-order valence-electron chi connectivity index (χ2n) is 5.37. The van der Waals surface area contributed by atoms with Crippen molar-refractivity contribution in [2.75, 3.05) is 6.54 Å². The highest BCUT2D eigenvalue weighted by atomic mass is 32.2. The number of aryl methyl sites for hydroxylation is 1. The van der Waals surface area contributed by atoms with Crippen LogP contribution in [0.3, 0.4) is 0 Å². The summed E-state index contributed by atoms with van der Waals surface area (Å²) in [5.74, 6) is 0.832. The van der Waals surface area contributed by atoms with Crippen molar-refractivity contribution in [3.8, 4) is 10.8 Å². The van der Waals surface area contributed by atoms with Crippen LogP contribution >= 0.6 is 11.3 Å². The maximum absolute atomic E-state index is 12.1. The Morgan fingerprint density at radius 1 is 1.21 bits per heavy atom. The number of hydrogen-bond donors (Lipinski definition) is 1. The van der Waals surface area contributed by atoms with Crippen LogP contribution in [0.5, 0.6) is 0 Å². The van der Waals surface area contributed by atoms with Crippen molar-refractivity contribution in [1.82, 2.24) is 14.9 Å². The molecular weight excluding hydrogens is 346 g/mol. The average Bonchev–Trinajstić information content (AvgIpc) is 3.17. The van der Waals surface area contributed by atoms with E-state index in [0.717, 1.165) is 16.0 Å². The number of thiophene rings is 1. The summed E-state index contributed by atoms with van der Waals surface area (Å²) >= 11 is 1.51. The van der Waals surface area contributed by atoms with E-state index in [4.69, 9.17) is 4.42 Å². The lowest BCUT2D eigenvalue weighted by molar-refractivity contribution is 0.503. The quantitative estimate of drug-likeness (QED) is 0.698. The van der Waals surface area contributed by atoms with Crippen molar-refractivity contribution < 1.29 is 12.8 Å². The number of sulfonamides is 1. The maximum Gasteiger partial charge on any atom is 0.257 e. The van der Waals surface area contributed by atoms with Crippen LogP contribution in [0, 0.1) is 6.92 Å². The largest absolute Gasteiger partial charge is 0.420 e. The molecule has 0 fully saturated rings. The molecule has 0 amide bonds. The third-order valence-electron chi connectivity index (χ3n) is 3.30. The van der Waals surface area contributed by atoms with Gasteiger partial charge < -0.3 is 4.42 Å². The van der Waals surface area contributed by atoms with E-state index in [1.807, 2.05) is 42.6 Å². The summed E-state index contributed by atoms with van der Waals surface area (Å²) in [5, 5.41) is 9.84. The first-order valence-electron chi connectivity index (χ1n) is 7.41. The van der Waals surface area contributed by atoms with Gasteiger partial charge in [-0.25, -0.2) is 13.1 Å². The molecule has 3 rings (SSSR count). The molecular formula is C16H17N3O3S2. The zero-order chi connectivity index (χ0) is 17.0. The van der Waals surface area contributed by atoms with Gasteiger partial charge in [0.2, 0.25) is 15.9 Å². The molecule has 3 aromatic rings. The summed E-state index contributed by atoms with van der Waals surface area (Å²) in [5.41, 5.74) is 1.80. The van der Waals surface area contributed by atoms with E-state index >= 15 is 0 Å². The van der Waals surface area contributed by atoms with Gasteiger partial charge in [0.15, 0.2) is 0 Å². The van der Waals surface area contributed by atoms with Gasteiger partial charge in [-0.05, 0) is 23.9 Å². The van der Waals surface area contributed by atoms with E-state index in [1.165, 1.54) is 11.3 Å². The smallest absolute Gasteiger partial charge is 0.257 e. The molecule has 0 saturated heterocycles. The minimum atomic E-state index is -3.40. The van der Waals surface area contributed by atoms with Gasteiger partial charge in [0.25, 0.3) is 5.89 Å². The highest BCUT2D eigenvalue weighted by Gasteiger charge is 2.13. The van der Waals surface area contributed by atoms with Crippen molar-refractivity contribution in [2.24, 2.45) is 0 Å². The minimum absolute atomic E-state index is 0.0427. The minimum Gasteiger partial charge on any atom is -0.420 e. The zero-order valence-electron chi connectivity index (χ0n) is 13.1. The van der Waals surface area contributed by atoms with Crippen LogP contribution in [0.2, 0.25) is 0 Å². The second-order valence-corrected chi connectivity index (χ2v) is 8.13. The summed E-state index contributed by atoms with van der Waals surface area (Å²) in [4.78, 5) is 0.897. The van der Waals surface area contributed by atoms with E-state index < -0.39 is 10.0 Å². The van der Waals surface area contributed by atoms with Gasteiger partial charge in [-0.3, -0.25) is 0 Å². The molecule has 6 nitrogen and oxygen atoms in total. The number of aromatic nitrogens is 2. The summed E-state index contributed by atoms with van der Waals surface area (Å²) in [6, 6.07) is 11.3. The van der Waals surface area contributed by atoms with Crippen LogP contribution in [-0.4, -0.2) is 25.2 Å². The molecule has 0 bridgehead atoms. The molecule has 2 aromatic heterocycles. The number of nitrogens with one attached hydrogen (secondary N) is 1. The van der Waals surface area contributed by atoms with E-state index in [1.54, 1.807) is 6.07 Å². The molecule has 1 N–H and O–H groups in total. The lowest BCUT2D eigenvalue weighted by Crippen LogP contribution is -2.27. The first-order chi connectivity index (χ1) is 11.5. The third kappa shape index (κ3) is 4.50. The predicted octanol–water partition coefficient (Wildman–Crippen LogP) is 2.77. The Labute approximate surface area is 144 Å². The van der Waals surface area contributed by atoms with Gasteiger partial charge in [-0.2, -0.15) is 0 Å². The van der Waals surface area contributed by atoms with Gasteiger partial charge in [-0.1, -0.05) is 35.9 Å². The fraction of sp³-hybridized carbons (Fsp3) is 0.250. The lowest BCUT2D eigenvalue weighted by atomic mass is 10.2. The first kappa shape index (κ1) is 16.8. The summed E-state index contributed by atoms with van der Waals surface area (Å²) in [7, 11) is -3.40. The standard InChI is InChI=1S/C16H17N3O3S2/c1-12-4-2-5-13(10-12)11-24(20,21)17-8-7-15-18-19-16(22-15)14-6-3-9-23-14/h2-6,9-10,17H,7-8,11H2,1H3. The Hall–Kier alpha value is -2.03. The van der Waals surface area contributed by atoms with E-state index in [2.05, 4.69) is 14.9 Å². The maximum atomic E-state index is 12.1. The second kappa shape index (κ2) is 7.25. The molecule has 24 heavy (non-hydrogen) atoms. The third-order valence-corrected chi connectivity index (χ3v) is 5.51. The van der Waals surface area contributed by atoms with Crippen LogP contribution < -0.4 is 4.72 Å². The van der Waals surface area contributed by atoms with E-state index in [9.17, 15) is 8.42 Å². The SMILES string of the molecule is Cc1cccc(CS(=O)(=O)NCCc2nnc(-c3cccs3)o2)c1. The molecule has 8 heteroatoms. The van der Waals surface area contributed by atoms with Crippen molar-refractivity contribution in [3.05, 3.63) is 58.8 Å². The van der Waals surface area contributed by atoms with Crippen molar-refractivity contribution >= 4 is 21.4 Å². The number of hydrogen-bond acceptors (Lipinski definition) is 6. The monoisotopic (exact) mass is 363 g/mol. The van der Waals surface area contributed by atoms with Crippen molar-refractivity contribution in [2.45, 2.75) is 19.1 Å². The van der Waals surface area contributed by atoms with Crippen molar-refractivity contribution in [3.63, 3.8) is 0 Å². The molecule has 126 valence electrons. The molecule has 0 radical (unpaired) electrons. The number of benzene rings is 1. The normalized spacial score (nSPS) is 11.7. The molecule has 0 aliphatic rings. The Morgan fingerprint density at radius 3 is 2.83 bits per heavy atom. The predicted molar refractivity (Wildman–Crippen MR) is 93.1 cm³/mol. The summed E-state index contributed by atoms with van der Waals surface area (Å²) in [6.07, 6.45) is 0.353. The first-order valence-corrected chi connectivity index (χ1v) is 9.94. The van der Waals surface area contributed by atoms with Crippen LogP contribution in [0.1, 0.15) is 17.0 Å². The van der Waals surface area contributed by atoms with Gasteiger partial charge in [-0.15, -0.1) is 21.5 Å². The Balaban J connectivity index is 1.54. The van der Waals surface area contributed by atoms with Gasteiger partial charge in [0, 0.05) is 13.0 Å². The Bertz CT molecular complexity index is 902. The van der Waals surface area contributed by atoms with Gasteiger partial charge in [0.1, 0.15) is 0 Å². The molecule has 0 aliphatic carbocycles. The Kier molecular flexibility index (Phi) is 5.08. The van der Waals surface area contributed by atoms with Crippen LogP contribution in [0.15, 0.2) is 46.2 Å². The molecule has 0 unspecified atom stereocenters. The van der Waals surface area contributed by atoms with Crippen molar-refractivity contribution in [1.29, 1.82) is 0 Å². The topological polar surface area (TPSA) is 85.1 Å². The van der Waals surface area contributed by atoms with Gasteiger partial charge in [0.05, 0.1) is 10.6 Å². The van der Waals surface area contributed by atoms with E-state index in [0.29, 0.717) is 18.2 Å². The lowest BCUT2D eigenvalue weighted by Gasteiger charge is -2.06. The number of nitrogens with zero attached hydrogens (tertiary/aromatic N) is 2. The fourth-order valence-electron chi connectivity index (χ4n) is 2.24. The fourth-order valence-corrected chi connectivity index (χ4v) is 4.02. The summed E-state index contributed by atoms with van der Waals surface area (Å²) in [6.45, 7) is 2.16. The molecule has 2 heterocycles. The zero-order valence-corrected chi connectivity index (χ0v) is 14.7. The molecule has 0 spiro atoms. The molecule has 0 aliphatic heterocycles. The van der Waals surface area contributed by atoms with Crippen LogP contribution in [0.25, 0.3) is 10.8 Å². The van der Waals surface area contributed by atoms with Gasteiger partial charge >= 0.3 is 0 Å². The van der Waals surface area contributed by atoms with Crippen LogP contribution in [0.4, 0.5) is 0 Å². The number of rotatable bonds is 7. The highest BCUT2D eigenvalue weighted by Crippen LogP contribution is 2.22. The van der Waals surface area contributed by atoms with Crippen LogP contribution in [-0.2, 0) is 22.2 Å².